The zero-order valence-corrected chi connectivity index (χ0v) is 58.1. The third-order valence-electron chi connectivity index (χ3n) is 17.2. The minimum Gasteiger partial charge on any atom is -0.634 e. The van der Waals surface area contributed by atoms with Crippen LogP contribution in [0, 0.1) is 34.1 Å². The molecule has 14 N–H and O–H groups in total. The second-order valence-corrected chi connectivity index (χ2v) is 30.1. The third kappa shape index (κ3) is 24.8. The predicted octanol–water partition coefficient (Wildman–Crippen LogP) is 0.473. The summed E-state index contributed by atoms with van der Waals surface area (Å²) >= 11 is 0. The first-order valence-corrected chi connectivity index (χ1v) is 32.9. The van der Waals surface area contributed by atoms with Crippen LogP contribution in [0.4, 0.5) is 0 Å². The Morgan fingerprint density at radius 2 is 0.867 bits per heavy atom. The van der Waals surface area contributed by atoms with Crippen molar-refractivity contribution in [2.75, 3.05) is 39.3 Å². The highest BCUT2D eigenvalue weighted by Gasteiger charge is 2.59. The van der Waals surface area contributed by atoms with Gasteiger partial charge in [-0.2, -0.15) is 0 Å². The van der Waals surface area contributed by atoms with Crippen LogP contribution in [0.25, 0.3) is 0 Å². The van der Waals surface area contributed by atoms with Gasteiger partial charge >= 0.3 is 0 Å². The van der Waals surface area contributed by atoms with Crippen molar-refractivity contribution in [2.24, 2.45) is 23.7 Å². The van der Waals surface area contributed by atoms with Crippen molar-refractivity contribution < 1.29 is 63.2 Å². The molecule has 0 aromatic heterocycles. The van der Waals surface area contributed by atoms with Crippen LogP contribution >= 0.6 is 0 Å². The van der Waals surface area contributed by atoms with Gasteiger partial charge in [-0.15, -0.1) is 0 Å². The first kappa shape index (κ1) is 80.6. The molecular weight excluding hydrogens is 1160 g/mol. The molecule has 90 heavy (non-hydrogen) atoms. The monoisotopic (exact) mass is 1280 g/mol. The van der Waals surface area contributed by atoms with Gasteiger partial charge in [-0.1, -0.05) is 101 Å². The van der Waals surface area contributed by atoms with E-state index in [1.807, 2.05) is 48.5 Å². The number of aliphatic hydroxyl groups is 1. The molecule has 518 valence electrons. The van der Waals surface area contributed by atoms with Crippen molar-refractivity contribution in [1.82, 2.24) is 58.5 Å². The van der Waals surface area contributed by atoms with Gasteiger partial charge in [0, 0.05) is 25.7 Å². The Balaban J connectivity index is 2.30. The first-order chi connectivity index (χ1) is 41.4. The molecular formula is C64H119N13O13. The lowest BCUT2D eigenvalue weighted by atomic mass is 9.69. The van der Waals surface area contributed by atoms with E-state index in [9.17, 15) is 63.5 Å². The van der Waals surface area contributed by atoms with Gasteiger partial charge in [0.2, 0.25) is 59.1 Å². The molecule has 2 heterocycles. The van der Waals surface area contributed by atoms with Gasteiger partial charge in [0.1, 0.15) is 29.2 Å². The molecule has 2 fully saturated rings. The van der Waals surface area contributed by atoms with Crippen LogP contribution in [0.3, 0.4) is 0 Å². The van der Waals surface area contributed by atoms with Crippen molar-refractivity contribution in [1.29, 1.82) is 0 Å². The van der Waals surface area contributed by atoms with E-state index in [0.29, 0.717) is 19.4 Å². The van der Waals surface area contributed by atoms with Crippen LogP contribution in [0.2, 0.25) is 0 Å². The molecule has 0 unspecified atom stereocenters. The molecule has 0 aliphatic carbocycles. The van der Waals surface area contributed by atoms with E-state index in [4.69, 9.17) is 0 Å². The minimum absolute atomic E-state index is 0.0670. The van der Waals surface area contributed by atoms with Gasteiger partial charge in [-0.3, -0.25) is 47.9 Å². The van der Waals surface area contributed by atoms with Gasteiger partial charge in [-0.25, -0.2) is 0 Å². The largest absolute Gasteiger partial charge is 0.634 e. The van der Waals surface area contributed by atoms with Gasteiger partial charge < -0.3 is 84.1 Å². The molecule has 10 amide bonds. The number of hydrogen-bond donors (Lipinski definition) is 14. The Hall–Kier alpha value is -5.54. The molecule has 0 bridgehead atoms. The number of carbonyl (C=O) groups excluding carboxylic acids is 10. The highest BCUT2D eigenvalue weighted by Crippen LogP contribution is 2.35. The lowest BCUT2D eigenvalue weighted by Crippen LogP contribution is -3.24. The van der Waals surface area contributed by atoms with E-state index in [1.165, 1.54) is 12.8 Å². The number of piperidine rings is 2. The van der Waals surface area contributed by atoms with E-state index in [2.05, 4.69) is 65.4 Å². The number of quaternary nitrogens is 2. The molecule has 0 saturated carbocycles. The highest BCUT2D eigenvalue weighted by atomic mass is 16.5. The average molecular weight is 1280 g/mol. The lowest BCUT2D eigenvalue weighted by molar-refractivity contribution is -0.956. The summed E-state index contributed by atoms with van der Waals surface area (Å²) in [6.07, 6.45) is 7.09. The number of hydrogen-bond acceptors (Lipinski definition) is 14. The Labute approximate surface area is 536 Å². The summed E-state index contributed by atoms with van der Waals surface area (Å²) in [5.74, 6) is -7.41. The molecule has 2 aliphatic heterocycles. The molecule has 0 aromatic rings. The molecule has 0 radical (unpaired) electrons. The number of unbranched alkanes of at least 4 members (excludes halogenated alkanes) is 5. The summed E-state index contributed by atoms with van der Waals surface area (Å²) < 4.78 is 0. The van der Waals surface area contributed by atoms with E-state index in [-0.39, 0.29) is 78.9 Å². The Morgan fingerprint density at radius 3 is 1.27 bits per heavy atom. The summed E-state index contributed by atoms with van der Waals surface area (Å²) in [5.41, 5.74) is -9.18. The fourth-order valence-electron chi connectivity index (χ4n) is 13.1. The molecule has 26 heteroatoms. The zero-order valence-electron chi connectivity index (χ0n) is 58.1. The summed E-state index contributed by atoms with van der Waals surface area (Å²) in [4.78, 5) is 139. The normalized spacial score (nSPS) is 22.5. The van der Waals surface area contributed by atoms with E-state index >= 15 is 0 Å². The van der Waals surface area contributed by atoms with Crippen LogP contribution < -0.4 is 68.6 Å². The molecule has 2 saturated heterocycles. The van der Waals surface area contributed by atoms with Crippen molar-refractivity contribution in [3.05, 3.63) is 10.4 Å². The summed E-state index contributed by atoms with van der Waals surface area (Å²) in [6.45, 7) is 31.7. The number of aliphatic hydroxyl groups excluding tert-OH is 1. The van der Waals surface area contributed by atoms with Gasteiger partial charge in [0.15, 0.2) is 0 Å². The highest BCUT2D eigenvalue weighted by molar-refractivity contribution is 5.99. The topological polar surface area (TPSA) is 378 Å². The molecule has 0 aromatic carbocycles. The standard InChI is InChI=1S/C64H119N13O13/c1-20-22-23-24-25-26-27-69-62(18,19)55(86)66-33-49(81)72-46(30-42(7)8)53(84)74-63(36-58(10,11)76(89)59(12,13)37-63)56(87)67-31-47(79)65-32-48(80)71-45(29-41(5)6)52(83)75-64(38-60(14,15)77(90)61(16,17)39-64)57(88)68-34-50(82)73-51(43(9)21-2)54(85)70-44(35-78)28-40(3)4/h40-46,51,69,76-78H,20-39H2,1-19H3,(H,65,79)(H,66,86)(H,67,87)(H,68,88)(H,70,85)(H,71,80)(H,72,81)(H,73,82)(H,74,84)(H,75,83)/t43-,44-,45-,46-,51-/m0/s1. The quantitative estimate of drug-likeness (QED) is 0.0297. The Bertz CT molecular complexity index is 2390. The fraction of sp³-hybridized carbons (Fsp3) is 0.844. The van der Waals surface area contributed by atoms with Crippen molar-refractivity contribution in [2.45, 2.75) is 284 Å². The third-order valence-corrected chi connectivity index (χ3v) is 17.2. The van der Waals surface area contributed by atoms with Gasteiger partial charge in [0.05, 0.1) is 66.5 Å². The van der Waals surface area contributed by atoms with Crippen molar-refractivity contribution >= 4 is 59.1 Å². The maximum atomic E-state index is 14.6. The zero-order chi connectivity index (χ0) is 69.0. The first-order valence-electron chi connectivity index (χ1n) is 32.9. The molecule has 0 spiro atoms. The van der Waals surface area contributed by atoms with Crippen LogP contribution in [0.15, 0.2) is 0 Å². The lowest BCUT2D eigenvalue weighted by Gasteiger charge is -2.58. The van der Waals surface area contributed by atoms with Gasteiger partial charge in [-0.05, 0) is 125 Å². The smallest absolute Gasteiger partial charge is 0.246 e. The predicted molar refractivity (Wildman–Crippen MR) is 345 cm³/mol. The van der Waals surface area contributed by atoms with Crippen molar-refractivity contribution in [3.8, 4) is 0 Å². The van der Waals surface area contributed by atoms with Gasteiger partial charge in [0.25, 0.3) is 0 Å². The number of hydroxylamine groups is 4. The number of carbonyl (C=O) groups is 10. The number of amides is 10. The average Bonchev–Trinajstić information content (AvgIpc) is 0.752. The summed E-state index contributed by atoms with van der Waals surface area (Å²) in [6, 6.07) is -3.99. The number of nitrogens with one attached hydrogen (secondary N) is 13. The second-order valence-electron chi connectivity index (χ2n) is 30.1. The van der Waals surface area contributed by atoms with Crippen LogP contribution in [0.1, 0.15) is 221 Å². The molecule has 5 atom stereocenters. The summed E-state index contributed by atoms with van der Waals surface area (Å²) in [7, 11) is 0. The molecule has 2 aliphatic rings. The Kier molecular flexibility index (Phi) is 31.3. The molecule has 2 rings (SSSR count). The van der Waals surface area contributed by atoms with E-state index < -0.39 is 148 Å². The fourth-order valence-corrected chi connectivity index (χ4v) is 13.1. The van der Waals surface area contributed by atoms with E-state index in [1.54, 1.807) is 76.2 Å². The summed E-state index contributed by atoms with van der Waals surface area (Å²) in [5, 5.41) is 67.5. The van der Waals surface area contributed by atoms with E-state index in [0.717, 1.165) is 25.7 Å². The van der Waals surface area contributed by atoms with Crippen molar-refractivity contribution in [3.63, 3.8) is 0 Å². The molecule has 26 nitrogen and oxygen atoms in total. The SMILES string of the molecule is CCCCCCCCNC(C)(C)C(=O)NCC(=O)N[C@@H](CC(C)C)C(=O)NC1(C(=O)NCC(=O)NCC(=O)N[C@@H](CC(C)C)C(=O)NC2(C(=O)NCC(=O)N[C@H](C(=O)N[C@H](CO)CC(C)C)[C@@H](C)CC)CC(C)(C)[NH+]([O-])C(C)(C)C2)CC(C)(C)[NH+]([O-])C(C)(C)C1. The maximum Gasteiger partial charge on any atom is 0.246 e. The maximum absolute atomic E-state index is 14.6. The van der Waals surface area contributed by atoms with Crippen LogP contribution in [-0.4, -0.2) is 166 Å². The Morgan fingerprint density at radius 1 is 0.489 bits per heavy atom. The second kappa shape index (κ2) is 34.9. The number of rotatable bonds is 37. The van der Waals surface area contributed by atoms with Crippen LogP contribution in [-0.2, 0) is 47.9 Å². The minimum atomic E-state index is -1.79. The van der Waals surface area contributed by atoms with Crippen LogP contribution in [0.5, 0.6) is 0 Å².